The van der Waals surface area contributed by atoms with Crippen LogP contribution in [0.15, 0.2) is 22.8 Å². The highest BCUT2D eigenvalue weighted by Gasteiger charge is 2.09. The van der Waals surface area contributed by atoms with E-state index in [9.17, 15) is 0 Å². The van der Waals surface area contributed by atoms with Gasteiger partial charge in [0, 0.05) is 11.8 Å². The molecule has 0 unspecified atom stereocenters. The second-order valence-corrected chi connectivity index (χ2v) is 5.30. The Morgan fingerprint density at radius 3 is 2.35 bits per heavy atom. The van der Waals surface area contributed by atoms with E-state index < -0.39 is 0 Å². The molecule has 2 nitrogen and oxygen atoms in total. The van der Waals surface area contributed by atoms with E-state index in [2.05, 4.69) is 58.8 Å². The fourth-order valence-electron chi connectivity index (χ4n) is 1.68. The summed E-state index contributed by atoms with van der Waals surface area (Å²) in [5, 5.41) is 0.438. The van der Waals surface area contributed by atoms with Crippen LogP contribution in [-0.4, -0.2) is 9.97 Å². The van der Waals surface area contributed by atoms with Gasteiger partial charge in [0.1, 0.15) is 5.15 Å². The number of aromatic nitrogens is 2. The second-order valence-electron chi connectivity index (χ2n) is 4.08. The summed E-state index contributed by atoms with van der Waals surface area (Å²) in [6, 6.07) is 4.24. The summed E-state index contributed by atoms with van der Waals surface area (Å²) in [5.41, 5.74) is 4.69. The van der Waals surface area contributed by atoms with Crippen LogP contribution in [-0.2, 0) is 0 Å². The number of benzene rings is 1. The van der Waals surface area contributed by atoms with Crippen molar-refractivity contribution in [1.82, 2.24) is 9.97 Å². The molecule has 0 spiro atoms. The highest BCUT2D eigenvalue weighted by atomic mass is 79.9. The van der Waals surface area contributed by atoms with Crippen LogP contribution in [0.25, 0.3) is 11.4 Å². The van der Waals surface area contributed by atoms with E-state index in [-0.39, 0.29) is 0 Å². The number of rotatable bonds is 1. The van der Waals surface area contributed by atoms with Gasteiger partial charge in [-0.25, -0.2) is 9.97 Å². The van der Waals surface area contributed by atoms with Gasteiger partial charge in [-0.05, 0) is 59.5 Å². The topological polar surface area (TPSA) is 25.8 Å². The number of nitrogens with zero attached hydrogens (tertiary/aromatic N) is 2. The fourth-order valence-corrected chi connectivity index (χ4v) is 2.00. The summed E-state index contributed by atoms with van der Waals surface area (Å²) in [5.74, 6) is 0.666. The molecule has 1 aromatic heterocycles. The van der Waals surface area contributed by atoms with Crippen LogP contribution in [0, 0.1) is 20.8 Å². The Bertz CT molecular complexity index is 582. The molecule has 1 aromatic carbocycles. The number of aryl methyl sites for hydroxylation is 3. The minimum absolute atomic E-state index is 0.438. The molecule has 0 aliphatic heterocycles. The van der Waals surface area contributed by atoms with Gasteiger partial charge in [0.2, 0.25) is 0 Å². The SMILES string of the molecule is Cc1cc(C)c(-c2ncc(Br)c(Cl)n2)cc1C. The van der Waals surface area contributed by atoms with Gasteiger partial charge in [0.05, 0.1) is 4.47 Å². The summed E-state index contributed by atoms with van der Waals surface area (Å²) in [6.45, 7) is 6.24. The third-order valence-corrected chi connectivity index (χ3v) is 3.88. The van der Waals surface area contributed by atoms with Crippen LogP contribution < -0.4 is 0 Å². The Labute approximate surface area is 114 Å². The average molecular weight is 312 g/mol. The van der Waals surface area contributed by atoms with Crippen molar-refractivity contribution >= 4 is 27.5 Å². The minimum atomic E-state index is 0.438. The van der Waals surface area contributed by atoms with Gasteiger partial charge in [0.25, 0.3) is 0 Å². The molecule has 17 heavy (non-hydrogen) atoms. The van der Waals surface area contributed by atoms with Crippen molar-refractivity contribution in [3.8, 4) is 11.4 Å². The van der Waals surface area contributed by atoms with Crippen LogP contribution in [0.3, 0.4) is 0 Å². The summed E-state index contributed by atoms with van der Waals surface area (Å²) >= 11 is 9.28. The molecule has 0 fully saturated rings. The molecule has 0 saturated heterocycles. The minimum Gasteiger partial charge on any atom is -0.235 e. The monoisotopic (exact) mass is 310 g/mol. The summed E-state index contributed by atoms with van der Waals surface area (Å²) in [4.78, 5) is 8.58. The molecule has 0 saturated carbocycles. The summed E-state index contributed by atoms with van der Waals surface area (Å²) < 4.78 is 0.712. The molecule has 0 N–H and O–H groups in total. The van der Waals surface area contributed by atoms with E-state index in [1.54, 1.807) is 6.20 Å². The maximum Gasteiger partial charge on any atom is 0.161 e. The highest BCUT2D eigenvalue weighted by molar-refractivity contribution is 9.10. The van der Waals surface area contributed by atoms with E-state index in [0.717, 1.165) is 11.1 Å². The zero-order valence-electron chi connectivity index (χ0n) is 9.88. The average Bonchev–Trinajstić information content (AvgIpc) is 2.27. The van der Waals surface area contributed by atoms with E-state index in [1.807, 2.05) is 0 Å². The number of hydrogen-bond acceptors (Lipinski definition) is 2. The van der Waals surface area contributed by atoms with E-state index in [4.69, 9.17) is 11.6 Å². The highest BCUT2D eigenvalue weighted by Crippen LogP contribution is 2.26. The lowest BCUT2D eigenvalue weighted by Crippen LogP contribution is -1.94. The van der Waals surface area contributed by atoms with Crippen molar-refractivity contribution in [3.05, 3.63) is 44.6 Å². The van der Waals surface area contributed by atoms with Crippen LogP contribution in [0.1, 0.15) is 16.7 Å². The van der Waals surface area contributed by atoms with Gasteiger partial charge in [0.15, 0.2) is 5.82 Å². The molecule has 0 aliphatic carbocycles. The Morgan fingerprint density at radius 1 is 1.06 bits per heavy atom. The summed E-state index contributed by atoms with van der Waals surface area (Å²) in [7, 11) is 0. The molecular formula is C13H12BrClN2. The smallest absolute Gasteiger partial charge is 0.161 e. The number of halogens is 2. The van der Waals surface area contributed by atoms with E-state index in [0.29, 0.717) is 15.5 Å². The quantitative estimate of drug-likeness (QED) is 0.725. The molecule has 4 heteroatoms. The van der Waals surface area contributed by atoms with Gasteiger partial charge in [-0.3, -0.25) is 0 Å². The van der Waals surface area contributed by atoms with E-state index in [1.165, 1.54) is 11.1 Å². The Kier molecular flexibility index (Phi) is 3.50. The first-order valence-electron chi connectivity index (χ1n) is 5.25. The van der Waals surface area contributed by atoms with Crippen molar-refractivity contribution in [2.45, 2.75) is 20.8 Å². The molecule has 1 heterocycles. The van der Waals surface area contributed by atoms with Crippen molar-refractivity contribution in [2.75, 3.05) is 0 Å². The second kappa shape index (κ2) is 4.75. The molecule has 88 valence electrons. The first kappa shape index (κ1) is 12.5. The van der Waals surface area contributed by atoms with Gasteiger partial charge < -0.3 is 0 Å². The molecule has 0 aliphatic rings. The summed E-state index contributed by atoms with van der Waals surface area (Å²) in [6.07, 6.45) is 1.68. The van der Waals surface area contributed by atoms with Crippen molar-refractivity contribution < 1.29 is 0 Å². The van der Waals surface area contributed by atoms with Crippen molar-refractivity contribution in [3.63, 3.8) is 0 Å². The molecule has 0 bridgehead atoms. The van der Waals surface area contributed by atoms with Crippen LogP contribution in [0.2, 0.25) is 5.15 Å². The maximum absolute atomic E-state index is 5.99. The van der Waals surface area contributed by atoms with Crippen LogP contribution in [0.4, 0.5) is 0 Å². The number of hydrogen-bond donors (Lipinski definition) is 0. The molecular weight excluding hydrogens is 300 g/mol. The van der Waals surface area contributed by atoms with Gasteiger partial charge in [-0.15, -0.1) is 0 Å². The Hall–Kier alpha value is -0.930. The third-order valence-electron chi connectivity index (χ3n) is 2.78. The standard InChI is InChI=1S/C13H12BrClN2/c1-7-4-9(3)10(5-8(7)2)13-16-6-11(14)12(15)17-13/h4-6H,1-3H3. The lowest BCUT2D eigenvalue weighted by Gasteiger charge is -2.09. The first-order chi connectivity index (χ1) is 7.99. The van der Waals surface area contributed by atoms with Gasteiger partial charge in [-0.1, -0.05) is 17.7 Å². The van der Waals surface area contributed by atoms with Gasteiger partial charge >= 0.3 is 0 Å². The normalized spacial score (nSPS) is 10.6. The predicted molar refractivity (Wildman–Crippen MR) is 74.4 cm³/mol. The fraction of sp³-hybridized carbons (Fsp3) is 0.231. The molecule has 2 rings (SSSR count). The Balaban J connectivity index is 2.60. The largest absolute Gasteiger partial charge is 0.235 e. The predicted octanol–water partition coefficient (Wildman–Crippen LogP) is 4.48. The van der Waals surface area contributed by atoms with Crippen LogP contribution in [0.5, 0.6) is 0 Å². The van der Waals surface area contributed by atoms with Gasteiger partial charge in [-0.2, -0.15) is 0 Å². The molecule has 2 aromatic rings. The lowest BCUT2D eigenvalue weighted by molar-refractivity contribution is 1.15. The molecule has 0 radical (unpaired) electrons. The zero-order valence-corrected chi connectivity index (χ0v) is 12.2. The molecule has 0 amide bonds. The Morgan fingerprint density at radius 2 is 1.71 bits per heavy atom. The maximum atomic E-state index is 5.99. The van der Waals surface area contributed by atoms with Crippen molar-refractivity contribution in [2.24, 2.45) is 0 Å². The van der Waals surface area contributed by atoms with Crippen molar-refractivity contribution in [1.29, 1.82) is 0 Å². The van der Waals surface area contributed by atoms with E-state index >= 15 is 0 Å². The molecule has 0 atom stereocenters. The zero-order chi connectivity index (χ0) is 12.6. The third kappa shape index (κ3) is 2.50. The first-order valence-corrected chi connectivity index (χ1v) is 6.42. The lowest BCUT2D eigenvalue weighted by atomic mass is 10.0. The van der Waals surface area contributed by atoms with Crippen LogP contribution >= 0.6 is 27.5 Å².